The zero-order chi connectivity index (χ0) is 26.5. The first-order chi connectivity index (χ1) is 17.8. The standard InChI is InChI=1S/C25H21BrIN5O5/c1-3-5-22-30-20-8-6-16(26)12-18(20)25(33)31(22)29-13-15-10-19(27)24(21(11-15)36-4-2)37-23-9-7-17(14-28-23)32(34)35/h6-14H,3-5H2,1-2H3. The number of halogens is 2. The van der Waals surface area contributed by atoms with Gasteiger partial charge in [-0.05, 0) is 71.8 Å². The molecular formula is C25H21BrIN5O5. The lowest BCUT2D eigenvalue weighted by atomic mass is 10.2. The summed E-state index contributed by atoms with van der Waals surface area (Å²) in [6.07, 6.45) is 4.10. The van der Waals surface area contributed by atoms with Crippen LogP contribution < -0.4 is 15.0 Å². The van der Waals surface area contributed by atoms with Crippen molar-refractivity contribution in [2.45, 2.75) is 26.7 Å². The van der Waals surface area contributed by atoms with Crippen molar-refractivity contribution in [2.24, 2.45) is 5.10 Å². The fourth-order valence-corrected chi connectivity index (χ4v) is 4.59. The van der Waals surface area contributed by atoms with Crippen LogP contribution in [0.5, 0.6) is 17.4 Å². The Morgan fingerprint density at radius 3 is 2.70 bits per heavy atom. The monoisotopic (exact) mass is 677 g/mol. The fourth-order valence-electron chi connectivity index (χ4n) is 3.49. The summed E-state index contributed by atoms with van der Waals surface area (Å²) in [6.45, 7) is 4.24. The smallest absolute Gasteiger partial charge is 0.287 e. The molecule has 0 aliphatic rings. The Hall–Kier alpha value is -3.39. The second-order valence-electron chi connectivity index (χ2n) is 7.78. The highest BCUT2D eigenvalue weighted by molar-refractivity contribution is 14.1. The summed E-state index contributed by atoms with van der Waals surface area (Å²) < 4.78 is 14.5. The minimum absolute atomic E-state index is 0.133. The van der Waals surface area contributed by atoms with Crippen LogP contribution in [-0.2, 0) is 6.42 Å². The highest BCUT2D eigenvalue weighted by Gasteiger charge is 2.16. The third kappa shape index (κ3) is 6.13. The van der Waals surface area contributed by atoms with Crippen molar-refractivity contribution in [1.82, 2.24) is 14.6 Å². The molecule has 0 aliphatic carbocycles. The number of ether oxygens (including phenoxy) is 2. The molecule has 0 amide bonds. The quantitative estimate of drug-likeness (QED) is 0.0909. The zero-order valence-electron chi connectivity index (χ0n) is 19.9. The van der Waals surface area contributed by atoms with E-state index in [9.17, 15) is 14.9 Å². The molecule has 4 rings (SSSR count). The maximum atomic E-state index is 13.3. The van der Waals surface area contributed by atoms with E-state index >= 15 is 0 Å². The Labute approximate surface area is 233 Å². The van der Waals surface area contributed by atoms with Crippen LogP contribution >= 0.6 is 38.5 Å². The maximum Gasteiger partial charge on any atom is 0.287 e. The highest BCUT2D eigenvalue weighted by atomic mass is 127. The van der Waals surface area contributed by atoms with E-state index in [1.807, 2.05) is 32.0 Å². The lowest BCUT2D eigenvalue weighted by Crippen LogP contribution is -2.22. The van der Waals surface area contributed by atoms with Crippen LogP contribution in [0.2, 0.25) is 0 Å². The zero-order valence-corrected chi connectivity index (χ0v) is 23.6. The van der Waals surface area contributed by atoms with E-state index in [1.54, 1.807) is 18.3 Å². The summed E-state index contributed by atoms with van der Waals surface area (Å²) in [4.78, 5) is 32.3. The van der Waals surface area contributed by atoms with Gasteiger partial charge in [0.15, 0.2) is 11.5 Å². The first-order valence-corrected chi connectivity index (χ1v) is 13.2. The van der Waals surface area contributed by atoms with Gasteiger partial charge < -0.3 is 9.47 Å². The Kier molecular flexibility index (Phi) is 8.48. The van der Waals surface area contributed by atoms with Crippen molar-refractivity contribution in [1.29, 1.82) is 0 Å². The lowest BCUT2D eigenvalue weighted by Gasteiger charge is -2.14. The van der Waals surface area contributed by atoms with E-state index < -0.39 is 4.92 Å². The molecule has 0 atom stereocenters. The van der Waals surface area contributed by atoms with Crippen molar-refractivity contribution in [2.75, 3.05) is 6.61 Å². The van der Waals surface area contributed by atoms with Crippen LogP contribution in [0.15, 0.2) is 63.0 Å². The lowest BCUT2D eigenvalue weighted by molar-refractivity contribution is -0.385. The first kappa shape index (κ1) is 26.7. The summed E-state index contributed by atoms with van der Waals surface area (Å²) in [6, 6.07) is 11.7. The number of fused-ring (bicyclic) bond motifs is 1. The van der Waals surface area contributed by atoms with Crippen molar-refractivity contribution in [3.05, 3.63) is 88.6 Å². The number of nitrogens with zero attached hydrogens (tertiary/aromatic N) is 5. The predicted octanol–water partition coefficient (Wildman–Crippen LogP) is 6.09. The second-order valence-corrected chi connectivity index (χ2v) is 9.86. The summed E-state index contributed by atoms with van der Waals surface area (Å²) >= 11 is 5.51. The number of rotatable bonds is 9. The van der Waals surface area contributed by atoms with Crippen molar-refractivity contribution in [3.63, 3.8) is 0 Å². The molecule has 0 fully saturated rings. The topological polar surface area (TPSA) is 122 Å². The summed E-state index contributed by atoms with van der Waals surface area (Å²) in [7, 11) is 0. The van der Waals surface area contributed by atoms with E-state index in [0.717, 1.165) is 17.1 Å². The molecule has 12 heteroatoms. The molecule has 0 unspecified atom stereocenters. The van der Waals surface area contributed by atoms with E-state index in [4.69, 9.17) is 9.47 Å². The molecule has 2 aromatic heterocycles. The molecule has 2 heterocycles. The Balaban J connectivity index is 1.71. The van der Waals surface area contributed by atoms with E-state index in [-0.39, 0.29) is 17.1 Å². The molecule has 0 aliphatic heterocycles. The molecule has 0 saturated carbocycles. The minimum Gasteiger partial charge on any atom is -0.490 e. The van der Waals surface area contributed by atoms with Crippen LogP contribution in [-0.4, -0.2) is 32.4 Å². The van der Waals surface area contributed by atoms with Crippen molar-refractivity contribution in [3.8, 4) is 17.4 Å². The van der Waals surface area contributed by atoms with Gasteiger partial charge in [0.25, 0.3) is 11.2 Å². The van der Waals surface area contributed by atoms with Gasteiger partial charge in [-0.2, -0.15) is 9.78 Å². The average Bonchev–Trinajstić information content (AvgIpc) is 2.87. The summed E-state index contributed by atoms with van der Waals surface area (Å²) in [5.74, 6) is 1.62. The molecule has 0 radical (unpaired) electrons. The normalized spacial score (nSPS) is 11.2. The number of hydrogen-bond donors (Lipinski definition) is 0. The first-order valence-electron chi connectivity index (χ1n) is 11.3. The largest absolute Gasteiger partial charge is 0.490 e. The van der Waals surface area contributed by atoms with Crippen LogP contribution in [0, 0.1) is 13.7 Å². The van der Waals surface area contributed by atoms with Gasteiger partial charge in [0.1, 0.15) is 12.0 Å². The molecule has 4 aromatic rings. The average molecular weight is 678 g/mol. The molecule has 0 N–H and O–H groups in total. The number of hydrogen-bond acceptors (Lipinski definition) is 8. The van der Waals surface area contributed by atoms with Gasteiger partial charge in [0, 0.05) is 23.0 Å². The fraction of sp³-hybridized carbons (Fsp3) is 0.200. The van der Waals surface area contributed by atoms with Gasteiger partial charge in [0.05, 0.1) is 32.2 Å². The van der Waals surface area contributed by atoms with Crippen molar-refractivity contribution >= 4 is 61.3 Å². The summed E-state index contributed by atoms with van der Waals surface area (Å²) in [5, 5.41) is 15.8. The van der Waals surface area contributed by atoms with Crippen LogP contribution in [0.1, 0.15) is 31.7 Å². The number of aromatic nitrogens is 3. The van der Waals surface area contributed by atoms with E-state index in [0.29, 0.717) is 50.4 Å². The molecule has 0 bridgehead atoms. The summed E-state index contributed by atoms with van der Waals surface area (Å²) in [5.41, 5.74) is 0.917. The van der Waals surface area contributed by atoms with E-state index in [1.165, 1.54) is 16.8 Å². The Morgan fingerprint density at radius 2 is 2.03 bits per heavy atom. The van der Waals surface area contributed by atoms with Crippen LogP contribution in [0.4, 0.5) is 5.69 Å². The molecular weight excluding hydrogens is 657 g/mol. The molecule has 37 heavy (non-hydrogen) atoms. The highest BCUT2D eigenvalue weighted by Crippen LogP contribution is 2.37. The minimum atomic E-state index is -0.526. The number of pyridine rings is 1. The Morgan fingerprint density at radius 1 is 1.22 bits per heavy atom. The molecule has 190 valence electrons. The number of benzene rings is 2. The van der Waals surface area contributed by atoms with Gasteiger partial charge in [-0.25, -0.2) is 9.97 Å². The van der Waals surface area contributed by atoms with Gasteiger partial charge >= 0.3 is 0 Å². The van der Waals surface area contributed by atoms with Gasteiger partial charge in [-0.1, -0.05) is 22.9 Å². The van der Waals surface area contributed by atoms with Crippen molar-refractivity contribution < 1.29 is 14.4 Å². The number of nitro groups is 1. The SMILES string of the molecule is CCCc1nc2ccc(Br)cc2c(=O)n1N=Cc1cc(I)c(Oc2ccc([N+](=O)[O-])cn2)c(OCC)c1. The van der Waals surface area contributed by atoms with Gasteiger partial charge in [0.2, 0.25) is 5.88 Å². The third-order valence-electron chi connectivity index (χ3n) is 5.14. The third-order valence-corrected chi connectivity index (χ3v) is 6.44. The molecule has 0 saturated heterocycles. The molecule has 0 spiro atoms. The maximum absolute atomic E-state index is 13.3. The molecule has 2 aromatic carbocycles. The van der Waals surface area contributed by atoms with Crippen LogP contribution in [0.3, 0.4) is 0 Å². The van der Waals surface area contributed by atoms with Gasteiger partial charge in [-0.15, -0.1) is 0 Å². The van der Waals surface area contributed by atoms with Crippen LogP contribution in [0.25, 0.3) is 10.9 Å². The van der Waals surface area contributed by atoms with Gasteiger partial charge in [-0.3, -0.25) is 14.9 Å². The number of aryl methyl sites for hydroxylation is 1. The predicted molar refractivity (Wildman–Crippen MR) is 152 cm³/mol. The molecule has 10 nitrogen and oxygen atoms in total. The van der Waals surface area contributed by atoms with E-state index in [2.05, 4.69) is 53.6 Å². The Bertz CT molecular complexity index is 1560. The second kappa shape index (κ2) is 11.8.